The zero-order valence-electron chi connectivity index (χ0n) is 18.3. The van der Waals surface area contributed by atoms with Crippen molar-refractivity contribution in [2.24, 2.45) is 5.10 Å². The number of hydrogen-bond acceptors (Lipinski definition) is 6. The van der Waals surface area contributed by atoms with Crippen molar-refractivity contribution in [1.29, 1.82) is 0 Å². The third-order valence-corrected chi connectivity index (χ3v) is 5.51. The van der Waals surface area contributed by atoms with E-state index >= 15 is 0 Å². The largest absolute Gasteiger partial charge is 0.493 e. The average Bonchev–Trinajstić information content (AvgIpc) is 3.23. The minimum Gasteiger partial charge on any atom is -0.493 e. The van der Waals surface area contributed by atoms with Crippen LogP contribution in [0.4, 0.5) is 0 Å². The van der Waals surface area contributed by atoms with Crippen LogP contribution in [0.25, 0.3) is 0 Å². The van der Waals surface area contributed by atoms with Gasteiger partial charge in [0.1, 0.15) is 0 Å². The van der Waals surface area contributed by atoms with Gasteiger partial charge in [-0.3, -0.25) is 5.01 Å². The molecule has 0 amide bonds. The molecule has 2 aromatic rings. The molecule has 30 heavy (non-hydrogen) atoms. The van der Waals surface area contributed by atoms with E-state index in [0.29, 0.717) is 29.9 Å². The van der Waals surface area contributed by atoms with Crippen molar-refractivity contribution < 1.29 is 18.9 Å². The first-order valence-electron chi connectivity index (χ1n) is 10.3. The molecule has 0 bridgehead atoms. The third kappa shape index (κ3) is 5.25. The van der Waals surface area contributed by atoms with Gasteiger partial charge in [0, 0.05) is 25.8 Å². The molecule has 1 aliphatic rings. The van der Waals surface area contributed by atoms with E-state index in [1.807, 2.05) is 18.2 Å². The fourth-order valence-electron chi connectivity index (χ4n) is 3.96. The van der Waals surface area contributed by atoms with Gasteiger partial charge in [0.25, 0.3) is 0 Å². The molecule has 0 aliphatic carbocycles. The van der Waals surface area contributed by atoms with Gasteiger partial charge >= 0.3 is 0 Å². The number of hydrogen-bond donors (Lipinski definition) is 0. The smallest absolute Gasteiger partial charge is 0.203 e. The summed E-state index contributed by atoms with van der Waals surface area (Å²) in [7, 11) is 6.64. The Morgan fingerprint density at radius 3 is 2.33 bits per heavy atom. The number of hydrazone groups is 1. The zero-order valence-corrected chi connectivity index (χ0v) is 18.3. The lowest BCUT2D eigenvalue weighted by Crippen LogP contribution is -2.28. The molecular weight excluding hydrogens is 380 g/mol. The van der Waals surface area contributed by atoms with E-state index in [-0.39, 0.29) is 5.92 Å². The fraction of sp³-hybridized carbons (Fsp3) is 0.458. The highest BCUT2D eigenvalue weighted by atomic mass is 16.5. The van der Waals surface area contributed by atoms with Crippen molar-refractivity contribution in [2.75, 3.05) is 41.6 Å². The average molecular weight is 413 g/mol. The predicted molar refractivity (Wildman–Crippen MR) is 119 cm³/mol. The van der Waals surface area contributed by atoms with Crippen molar-refractivity contribution in [3.05, 3.63) is 53.6 Å². The van der Waals surface area contributed by atoms with E-state index in [4.69, 9.17) is 24.0 Å². The lowest BCUT2D eigenvalue weighted by molar-refractivity contribution is 0.118. The van der Waals surface area contributed by atoms with Crippen LogP contribution in [0.3, 0.4) is 0 Å². The van der Waals surface area contributed by atoms with E-state index in [9.17, 15) is 0 Å². The predicted octanol–water partition coefficient (Wildman–Crippen LogP) is 4.14. The highest BCUT2D eigenvalue weighted by molar-refractivity contribution is 5.68. The topological polar surface area (TPSA) is 52.5 Å². The molecule has 1 aliphatic heterocycles. The standard InChI is InChI=1S/C24H32N2O4/c1-27-17-21-11-8-12-26(21)25-16-20(19-9-6-5-7-10-19)13-18-14-22(28-2)24(30-4)23(15-18)29-3/h5-7,9-10,14-16,20-21H,8,11-13,17H2,1-4H3/b25-16+/t20?,21-/m0/s1. The summed E-state index contributed by atoms with van der Waals surface area (Å²) >= 11 is 0. The van der Waals surface area contributed by atoms with Gasteiger partial charge in [-0.2, -0.15) is 5.10 Å². The molecule has 0 N–H and O–H groups in total. The monoisotopic (exact) mass is 412 g/mol. The normalized spacial score (nSPS) is 17.3. The van der Waals surface area contributed by atoms with Crippen LogP contribution in [0.15, 0.2) is 47.6 Å². The Morgan fingerprint density at radius 1 is 1.03 bits per heavy atom. The summed E-state index contributed by atoms with van der Waals surface area (Å²) in [5, 5.41) is 7.02. The molecule has 0 spiro atoms. The van der Waals surface area contributed by atoms with Crippen LogP contribution >= 0.6 is 0 Å². The van der Waals surface area contributed by atoms with Gasteiger partial charge in [0.05, 0.1) is 34.0 Å². The van der Waals surface area contributed by atoms with Gasteiger partial charge in [-0.05, 0) is 42.5 Å². The van der Waals surface area contributed by atoms with Gasteiger partial charge in [0.15, 0.2) is 11.5 Å². The molecule has 1 fully saturated rings. The van der Waals surface area contributed by atoms with Crippen LogP contribution in [-0.4, -0.2) is 58.9 Å². The minimum absolute atomic E-state index is 0.123. The Kier molecular flexibility index (Phi) is 7.97. The second kappa shape index (κ2) is 10.9. The van der Waals surface area contributed by atoms with E-state index in [2.05, 4.69) is 35.5 Å². The first kappa shape index (κ1) is 22.0. The van der Waals surface area contributed by atoms with Crippen molar-refractivity contribution in [3.8, 4) is 17.2 Å². The minimum atomic E-state index is 0.123. The summed E-state index contributed by atoms with van der Waals surface area (Å²) < 4.78 is 21.9. The summed E-state index contributed by atoms with van der Waals surface area (Å²) in [5.74, 6) is 2.05. The molecule has 1 unspecified atom stereocenters. The van der Waals surface area contributed by atoms with E-state index in [0.717, 1.165) is 31.4 Å². The number of benzene rings is 2. The van der Waals surface area contributed by atoms with Gasteiger partial charge in [0.2, 0.25) is 5.75 Å². The maximum absolute atomic E-state index is 5.53. The quantitative estimate of drug-likeness (QED) is 0.549. The molecular formula is C24H32N2O4. The summed E-state index contributed by atoms with van der Waals surface area (Å²) in [6.07, 6.45) is 5.10. The summed E-state index contributed by atoms with van der Waals surface area (Å²) in [6.45, 7) is 1.68. The van der Waals surface area contributed by atoms with E-state index < -0.39 is 0 Å². The van der Waals surface area contributed by atoms with Crippen molar-refractivity contribution in [3.63, 3.8) is 0 Å². The maximum Gasteiger partial charge on any atom is 0.203 e. The van der Waals surface area contributed by atoms with Crippen molar-refractivity contribution in [2.45, 2.75) is 31.2 Å². The number of methoxy groups -OCH3 is 4. The van der Waals surface area contributed by atoms with Crippen LogP contribution < -0.4 is 14.2 Å². The van der Waals surface area contributed by atoms with Crippen molar-refractivity contribution in [1.82, 2.24) is 5.01 Å². The van der Waals surface area contributed by atoms with Crippen LogP contribution in [0.1, 0.15) is 29.9 Å². The number of ether oxygens (including phenoxy) is 4. The molecule has 0 radical (unpaired) electrons. The molecule has 2 atom stereocenters. The summed E-state index contributed by atoms with van der Waals surface area (Å²) in [6, 6.07) is 14.8. The van der Waals surface area contributed by atoms with E-state index in [1.54, 1.807) is 28.4 Å². The maximum atomic E-state index is 5.53. The van der Waals surface area contributed by atoms with Crippen LogP contribution in [0.5, 0.6) is 17.2 Å². The van der Waals surface area contributed by atoms with Crippen molar-refractivity contribution >= 4 is 6.21 Å². The molecule has 3 rings (SSSR count). The number of nitrogens with zero attached hydrogens (tertiary/aromatic N) is 2. The Balaban J connectivity index is 1.88. The second-order valence-electron chi connectivity index (χ2n) is 7.43. The Hall–Kier alpha value is -2.73. The molecule has 6 heteroatoms. The third-order valence-electron chi connectivity index (χ3n) is 5.51. The Morgan fingerprint density at radius 2 is 1.73 bits per heavy atom. The lowest BCUT2D eigenvalue weighted by Gasteiger charge is -2.22. The van der Waals surface area contributed by atoms with Gasteiger partial charge in [-0.15, -0.1) is 0 Å². The first-order valence-corrected chi connectivity index (χ1v) is 10.3. The van der Waals surface area contributed by atoms with Crippen LogP contribution in [0.2, 0.25) is 0 Å². The molecule has 1 heterocycles. The van der Waals surface area contributed by atoms with Gasteiger partial charge < -0.3 is 18.9 Å². The molecule has 162 valence electrons. The molecule has 0 saturated carbocycles. The molecule has 1 saturated heterocycles. The molecule has 2 aromatic carbocycles. The zero-order chi connectivity index (χ0) is 21.3. The highest BCUT2D eigenvalue weighted by Crippen LogP contribution is 2.39. The Bertz CT molecular complexity index is 800. The Labute approximate surface area is 179 Å². The van der Waals surface area contributed by atoms with Crippen LogP contribution in [0, 0.1) is 0 Å². The SMILES string of the molecule is COC[C@@H]1CCCN1/N=C/C(Cc1cc(OC)c(OC)c(OC)c1)c1ccccc1. The first-order chi connectivity index (χ1) is 14.7. The van der Waals surface area contributed by atoms with Gasteiger partial charge in [-0.25, -0.2) is 0 Å². The van der Waals surface area contributed by atoms with E-state index in [1.165, 1.54) is 5.56 Å². The van der Waals surface area contributed by atoms with Gasteiger partial charge in [-0.1, -0.05) is 30.3 Å². The second-order valence-corrected chi connectivity index (χ2v) is 7.43. The summed E-state index contributed by atoms with van der Waals surface area (Å²) in [5.41, 5.74) is 2.32. The fourth-order valence-corrected chi connectivity index (χ4v) is 3.96. The number of rotatable bonds is 10. The van der Waals surface area contributed by atoms with Crippen LogP contribution in [-0.2, 0) is 11.2 Å². The molecule has 0 aromatic heterocycles. The molecule has 6 nitrogen and oxygen atoms in total. The summed E-state index contributed by atoms with van der Waals surface area (Å²) in [4.78, 5) is 0. The highest BCUT2D eigenvalue weighted by Gasteiger charge is 2.23. The lowest BCUT2D eigenvalue weighted by atomic mass is 9.92.